The Hall–Kier alpha value is -3.63. The molecule has 1 saturated carbocycles. The molecule has 3 rings (SSSR count). The van der Waals surface area contributed by atoms with Crippen LogP contribution in [0.5, 0.6) is 0 Å². The van der Waals surface area contributed by atoms with E-state index in [0.29, 0.717) is 56.4 Å². The molecule has 2 saturated heterocycles. The molecule has 1 amide bonds. The number of esters is 1. The van der Waals surface area contributed by atoms with Gasteiger partial charge in [0.05, 0.1) is 31.0 Å². The molecule has 3 aliphatic rings. The molecule has 14 unspecified atom stereocenters. The van der Waals surface area contributed by atoms with E-state index in [2.05, 4.69) is 6.92 Å². The molecular weight excluding hydrogens is 859 g/mol. The standard InChI is InChI=1S/C53H83NO13/c1-12-66-52(61)42-20-16-17-27-54(42)51(60)50(59)53(62)39(8)22-24-41(67-53)32-45(63-9)35(4)19-15-13-14-18-33(2)28-37(6)47(57)49(65-11)48(58)38(7)30-36(5)43(55)25-21-34(3)29-40-23-26-44(56)46(31-40)64-10/h13-15,18-19,21,25,30,33-34,36-37,39-42,44-46,48-49,56,58,62H,12,16-17,20,22-24,26-29,31-32H2,1-11H3. The Balaban J connectivity index is 1.52. The highest BCUT2D eigenvalue weighted by Crippen LogP contribution is 2.37. The number of aliphatic hydroxyl groups excluding tert-OH is 2. The summed E-state index contributed by atoms with van der Waals surface area (Å²) in [5.74, 6) is -6.18. The van der Waals surface area contributed by atoms with Gasteiger partial charge >= 0.3 is 5.97 Å². The molecule has 1 aliphatic carbocycles. The molecule has 14 atom stereocenters. The van der Waals surface area contributed by atoms with E-state index >= 15 is 0 Å². The first-order valence-electron chi connectivity index (χ1n) is 24.5. The van der Waals surface area contributed by atoms with Crippen LogP contribution >= 0.6 is 0 Å². The van der Waals surface area contributed by atoms with Crippen LogP contribution in [0.1, 0.15) is 126 Å². The minimum Gasteiger partial charge on any atom is -0.464 e. The first-order valence-corrected chi connectivity index (χ1v) is 24.5. The molecule has 0 radical (unpaired) electrons. The summed E-state index contributed by atoms with van der Waals surface area (Å²) in [6.45, 7) is 15.0. The molecule has 0 aromatic heterocycles. The lowest BCUT2D eigenvalue weighted by Crippen LogP contribution is -2.60. The van der Waals surface area contributed by atoms with Crippen molar-refractivity contribution < 1.29 is 63.0 Å². The number of rotatable bonds is 25. The molecule has 3 N–H and O–H groups in total. The number of ketones is 3. The van der Waals surface area contributed by atoms with E-state index in [9.17, 15) is 39.3 Å². The van der Waals surface area contributed by atoms with Gasteiger partial charge in [-0.15, -0.1) is 0 Å². The fourth-order valence-electron chi connectivity index (χ4n) is 9.71. The average Bonchev–Trinajstić information content (AvgIpc) is 3.30. The van der Waals surface area contributed by atoms with Crippen LogP contribution in [0, 0.1) is 35.5 Å². The van der Waals surface area contributed by atoms with Crippen LogP contribution in [0.3, 0.4) is 0 Å². The number of hydrogen-bond donors (Lipinski definition) is 3. The van der Waals surface area contributed by atoms with Crippen molar-refractivity contribution in [2.75, 3.05) is 34.5 Å². The Kier molecular flexibility index (Phi) is 24.2. The minimum absolute atomic E-state index is 0.0229. The number of likely N-dealkylation sites (tertiary alicyclic amines) is 1. The van der Waals surface area contributed by atoms with Crippen LogP contribution in [0.15, 0.2) is 59.8 Å². The first kappa shape index (κ1) is 57.7. The summed E-state index contributed by atoms with van der Waals surface area (Å²) in [5.41, 5.74) is 1.37. The zero-order valence-corrected chi connectivity index (χ0v) is 42.2. The number of aliphatic hydroxyl groups is 3. The fraction of sp³-hybridized carbons (Fsp3) is 0.717. The van der Waals surface area contributed by atoms with Gasteiger partial charge < -0.3 is 43.9 Å². The fourth-order valence-corrected chi connectivity index (χ4v) is 9.71. The van der Waals surface area contributed by atoms with Crippen molar-refractivity contribution >= 4 is 29.2 Å². The number of amides is 1. The van der Waals surface area contributed by atoms with Crippen molar-refractivity contribution in [2.45, 2.75) is 174 Å². The number of Topliss-reactive ketones (excluding diaryl/α,β-unsaturated/α-hetero) is 2. The smallest absolute Gasteiger partial charge is 0.328 e. The number of ether oxygens (including phenoxy) is 5. The van der Waals surface area contributed by atoms with Gasteiger partial charge in [0.2, 0.25) is 5.79 Å². The van der Waals surface area contributed by atoms with Crippen molar-refractivity contribution in [2.24, 2.45) is 35.5 Å². The molecule has 2 aliphatic heterocycles. The molecule has 0 aromatic carbocycles. The molecule has 0 aromatic rings. The topological polar surface area (TPSA) is 195 Å². The van der Waals surface area contributed by atoms with Crippen molar-refractivity contribution in [3.63, 3.8) is 0 Å². The highest BCUT2D eigenvalue weighted by molar-refractivity contribution is 6.39. The minimum atomic E-state index is -2.34. The van der Waals surface area contributed by atoms with Crippen LogP contribution in [-0.2, 0) is 47.7 Å². The van der Waals surface area contributed by atoms with Crippen molar-refractivity contribution in [3.8, 4) is 0 Å². The van der Waals surface area contributed by atoms with Crippen LogP contribution in [0.2, 0.25) is 0 Å². The Bertz CT molecular complexity index is 1790. The second kappa shape index (κ2) is 28.1. The zero-order valence-electron chi connectivity index (χ0n) is 42.2. The highest BCUT2D eigenvalue weighted by atomic mass is 16.6. The highest BCUT2D eigenvalue weighted by Gasteiger charge is 2.53. The first-order chi connectivity index (χ1) is 31.7. The zero-order chi connectivity index (χ0) is 50.0. The second-order valence-electron chi connectivity index (χ2n) is 19.5. The van der Waals surface area contributed by atoms with E-state index in [4.69, 9.17) is 23.7 Å². The predicted molar refractivity (Wildman–Crippen MR) is 256 cm³/mol. The lowest BCUT2D eigenvalue weighted by molar-refractivity contribution is -0.265. The average molecular weight is 942 g/mol. The Morgan fingerprint density at radius 1 is 0.866 bits per heavy atom. The van der Waals surface area contributed by atoms with Gasteiger partial charge in [0.25, 0.3) is 11.7 Å². The van der Waals surface area contributed by atoms with Crippen molar-refractivity contribution in [1.82, 2.24) is 4.90 Å². The number of nitrogens with zero attached hydrogens (tertiary/aromatic N) is 1. The summed E-state index contributed by atoms with van der Waals surface area (Å²) in [5, 5.41) is 32.9. The Morgan fingerprint density at radius 2 is 1.58 bits per heavy atom. The SMILES string of the molecule is CCOC(=O)C1CCCCN1C(=O)C(=O)C1(O)OC(CC(OC)C(C)=CC=CC=CC(C)CC(C)C(=O)C(OC)C(O)C(C)=CC(C)C(=O)C=CC(C)CC2CCC(O)C(OC)C2)CCC1C. The molecule has 14 nitrogen and oxygen atoms in total. The van der Waals surface area contributed by atoms with Gasteiger partial charge in [-0.25, -0.2) is 4.79 Å². The van der Waals surface area contributed by atoms with Gasteiger partial charge in [0.15, 0.2) is 11.6 Å². The number of piperidine rings is 1. The number of hydrogen-bond acceptors (Lipinski definition) is 13. The summed E-state index contributed by atoms with van der Waals surface area (Å²) < 4.78 is 28.0. The Labute approximate surface area is 400 Å². The van der Waals surface area contributed by atoms with E-state index in [0.717, 1.165) is 31.3 Å². The molecule has 2 heterocycles. The van der Waals surface area contributed by atoms with Gasteiger partial charge in [-0.2, -0.15) is 0 Å². The van der Waals surface area contributed by atoms with E-state index < -0.39 is 77.8 Å². The molecule has 378 valence electrons. The summed E-state index contributed by atoms with van der Waals surface area (Å²) in [4.78, 5) is 67.6. The van der Waals surface area contributed by atoms with E-state index in [1.807, 2.05) is 57.2 Å². The van der Waals surface area contributed by atoms with Gasteiger partial charge in [0, 0.05) is 52.0 Å². The van der Waals surface area contributed by atoms with E-state index in [-0.39, 0.29) is 42.7 Å². The van der Waals surface area contributed by atoms with Gasteiger partial charge in [0.1, 0.15) is 18.2 Å². The maximum Gasteiger partial charge on any atom is 0.328 e. The number of carbonyl (C=O) groups is 5. The number of carbonyl (C=O) groups excluding carboxylic acids is 5. The molecule has 0 spiro atoms. The quantitative estimate of drug-likeness (QED) is 0.0279. The Morgan fingerprint density at radius 3 is 2.24 bits per heavy atom. The van der Waals surface area contributed by atoms with Gasteiger partial charge in [-0.05, 0) is 120 Å². The van der Waals surface area contributed by atoms with Crippen molar-refractivity contribution in [3.05, 3.63) is 59.8 Å². The number of allylic oxidation sites excluding steroid dienone is 8. The molecule has 14 heteroatoms. The lowest BCUT2D eigenvalue weighted by Gasteiger charge is -2.42. The van der Waals surface area contributed by atoms with Crippen LogP contribution in [0.4, 0.5) is 0 Å². The van der Waals surface area contributed by atoms with Gasteiger partial charge in [-0.3, -0.25) is 19.2 Å². The normalized spacial score (nSPS) is 28.8. The molecular formula is C53H83NO13. The lowest BCUT2D eigenvalue weighted by atomic mass is 9.80. The molecule has 67 heavy (non-hydrogen) atoms. The third-order valence-electron chi connectivity index (χ3n) is 14.0. The van der Waals surface area contributed by atoms with Crippen LogP contribution in [-0.4, -0.2) is 132 Å². The monoisotopic (exact) mass is 942 g/mol. The summed E-state index contributed by atoms with van der Waals surface area (Å²) in [6.07, 6.45) is 17.9. The maximum atomic E-state index is 13.6. The van der Waals surface area contributed by atoms with Gasteiger partial charge in [-0.1, -0.05) is 77.2 Å². The third-order valence-corrected chi connectivity index (χ3v) is 14.0. The predicted octanol–water partition coefficient (Wildman–Crippen LogP) is 6.98. The number of methoxy groups -OCH3 is 3. The molecule has 0 bridgehead atoms. The summed E-state index contributed by atoms with van der Waals surface area (Å²) >= 11 is 0. The van der Waals surface area contributed by atoms with E-state index in [1.165, 1.54) is 12.0 Å². The van der Waals surface area contributed by atoms with E-state index in [1.54, 1.807) is 54.1 Å². The summed E-state index contributed by atoms with van der Waals surface area (Å²) in [7, 11) is 4.60. The largest absolute Gasteiger partial charge is 0.464 e. The molecule has 3 fully saturated rings. The van der Waals surface area contributed by atoms with Crippen molar-refractivity contribution in [1.29, 1.82) is 0 Å². The maximum absolute atomic E-state index is 13.6. The second-order valence-corrected chi connectivity index (χ2v) is 19.5. The van der Waals surface area contributed by atoms with Crippen LogP contribution < -0.4 is 0 Å². The van der Waals surface area contributed by atoms with Crippen LogP contribution in [0.25, 0.3) is 0 Å². The summed E-state index contributed by atoms with van der Waals surface area (Å²) in [6, 6.07) is -0.876. The third kappa shape index (κ3) is 16.8.